The number of aryl methyl sites for hydroxylation is 1. The summed E-state index contributed by atoms with van der Waals surface area (Å²) in [5.74, 6) is -1.26. The van der Waals surface area contributed by atoms with Crippen molar-refractivity contribution < 1.29 is 31.1 Å². The van der Waals surface area contributed by atoms with Gasteiger partial charge in [0.2, 0.25) is 0 Å². The van der Waals surface area contributed by atoms with Crippen LogP contribution in [0.15, 0.2) is 71.6 Å². The second-order valence-corrected chi connectivity index (χ2v) is 8.14. The number of hydrogen-bond donors (Lipinski definition) is 2. The Kier molecular flexibility index (Phi) is 6.50. The Hall–Kier alpha value is -3.53. The van der Waals surface area contributed by atoms with Crippen LogP contribution in [-0.2, 0) is 10.0 Å². The third-order valence-corrected chi connectivity index (χ3v) is 5.55. The average Bonchev–Trinajstić information content (AvgIpc) is 2.71. The summed E-state index contributed by atoms with van der Waals surface area (Å²) in [5, 5.41) is 2.57. The maximum Gasteiger partial charge on any atom is 0.387 e. The summed E-state index contributed by atoms with van der Waals surface area (Å²) in [6.45, 7) is -1.44. The lowest BCUT2D eigenvalue weighted by Crippen LogP contribution is -2.15. The van der Waals surface area contributed by atoms with Gasteiger partial charge in [-0.25, -0.2) is 12.8 Å². The standard InChI is InChI=1S/C21H17F3N2O4S/c1-13-5-10-18(12-19(13)22)31(28,29)26-16-4-2-3-14(11-16)20(27)25-15-6-8-17(9-7-15)30-21(23)24/h2-12,21,26H,1H3,(H,25,27). The van der Waals surface area contributed by atoms with Gasteiger partial charge in [0.05, 0.1) is 4.90 Å². The Bertz CT molecular complexity index is 1200. The summed E-state index contributed by atoms with van der Waals surface area (Å²) in [4.78, 5) is 12.2. The fourth-order valence-electron chi connectivity index (χ4n) is 2.60. The quantitative estimate of drug-likeness (QED) is 0.542. The molecule has 0 unspecified atom stereocenters. The first-order valence-electron chi connectivity index (χ1n) is 8.89. The molecule has 0 saturated carbocycles. The number of ether oxygens (including phenoxy) is 1. The van der Waals surface area contributed by atoms with Crippen LogP contribution in [0.4, 0.5) is 24.5 Å². The van der Waals surface area contributed by atoms with Gasteiger partial charge in [-0.05, 0) is 67.1 Å². The maximum absolute atomic E-state index is 13.7. The Labute approximate surface area is 176 Å². The highest BCUT2D eigenvalue weighted by Crippen LogP contribution is 2.21. The third-order valence-electron chi connectivity index (χ3n) is 4.17. The molecule has 6 nitrogen and oxygen atoms in total. The SMILES string of the molecule is Cc1ccc(S(=O)(=O)Nc2cccc(C(=O)Nc3ccc(OC(F)F)cc3)c2)cc1F. The zero-order chi connectivity index (χ0) is 22.6. The molecule has 2 N–H and O–H groups in total. The van der Waals surface area contributed by atoms with Crippen molar-refractivity contribution in [1.82, 2.24) is 0 Å². The van der Waals surface area contributed by atoms with Gasteiger partial charge in [0, 0.05) is 16.9 Å². The molecule has 1 amide bonds. The monoisotopic (exact) mass is 450 g/mol. The van der Waals surface area contributed by atoms with Gasteiger partial charge in [-0.3, -0.25) is 9.52 Å². The van der Waals surface area contributed by atoms with Gasteiger partial charge < -0.3 is 10.1 Å². The van der Waals surface area contributed by atoms with E-state index in [-0.39, 0.29) is 21.9 Å². The van der Waals surface area contributed by atoms with E-state index >= 15 is 0 Å². The van der Waals surface area contributed by atoms with Crippen LogP contribution in [0.5, 0.6) is 5.75 Å². The highest BCUT2D eigenvalue weighted by Gasteiger charge is 2.17. The van der Waals surface area contributed by atoms with Crippen LogP contribution in [0.3, 0.4) is 0 Å². The summed E-state index contributed by atoms with van der Waals surface area (Å²) in [6.07, 6.45) is 0. The number of hydrogen-bond acceptors (Lipinski definition) is 4. The van der Waals surface area contributed by atoms with E-state index in [9.17, 15) is 26.4 Å². The number of anilines is 2. The number of alkyl halides is 2. The number of halogens is 3. The second kappa shape index (κ2) is 9.09. The Morgan fingerprint density at radius 3 is 2.32 bits per heavy atom. The number of carbonyl (C=O) groups excluding carboxylic acids is 1. The van der Waals surface area contributed by atoms with Crippen LogP contribution in [0.1, 0.15) is 15.9 Å². The molecule has 0 bridgehead atoms. The Morgan fingerprint density at radius 2 is 1.68 bits per heavy atom. The molecule has 31 heavy (non-hydrogen) atoms. The lowest BCUT2D eigenvalue weighted by molar-refractivity contribution is -0.0498. The lowest BCUT2D eigenvalue weighted by Gasteiger charge is -2.11. The van der Waals surface area contributed by atoms with Gasteiger partial charge in [0.25, 0.3) is 15.9 Å². The van der Waals surface area contributed by atoms with Gasteiger partial charge in [-0.2, -0.15) is 8.78 Å². The van der Waals surface area contributed by atoms with E-state index in [0.29, 0.717) is 11.3 Å². The minimum absolute atomic E-state index is 0.0584. The van der Waals surface area contributed by atoms with E-state index in [1.165, 1.54) is 67.6 Å². The molecule has 0 aliphatic rings. The van der Waals surface area contributed by atoms with Gasteiger partial charge in [-0.1, -0.05) is 12.1 Å². The van der Waals surface area contributed by atoms with Crippen LogP contribution < -0.4 is 14.8 Å². The predicted molar refractivity (Wildman–Crippen MR) is 109 cm³/mol. The van der Waals surface area contributed by atoms with Crippen molar-refractivity contribution in [3.05, 3.63) is 83.7 Å². The average molecular weight is 450 g/mol. The minimum atomic E-state index is -4.07. The molecule has 0 fully saturated rings. The largest absolute Gasteiger partial charge is 0.435 e. The van der Waals surface area contributed by atoms with Crippen molar-refractivity contribution in [3.8, 4) is 5.75 Å². The fraction of sp³-hybridized carbons (Fsp3) is 0.0952. The molecule has 3 aromatic rings. The van der Waals surface area contributed by atoms with E-state index in [4.69, 9.17) is 0 Å². The highest BCUT2D eigenvalue weighted by molar-refractivity contribution is 7.92. The highest BCUT2D eigenvalue weighted by atomic mass is 32.2. The molecule has 0 aliphatic carbocycles. The van der Waals surface area contributed by atoms with Crippen LogP contribution >= 0.6 is 0 Å². The molecule has 3 rings (SSSR count). The molecule has 0 heterocycles. The number of sulfonamides is 1. The molecule has 0 aliphatic heterocycles. The zero-order valence-corrected chi connectivity index (χ0v) is 16.9. The molecule has 0 saturated heterocycles. The molecule has 0 spiro atoms. The zero-order valence-electron chi connectivity index (χ0n) is 16.1. The number of carbonyl (C=O) groups is 1. The molecule has 162 valence electrons. The Balaban J connectivity index is 1.73. The number of rotatable bonds is 7. The van der Waals surface area contributed by atoms with Crippen molar-refractivity contribution >= 4 is 27.3 Å². The van der Waals surface area contributed by atoms with E-state index in [1.807, 2.05) is 0 Å². The summed E-state index contributed by atoms with van der Waals surface area (Å²) in [6, 6.07) is 14.5. The predicted octanol–water partition coefficient (Wildman–Crippen LogP) is 4.79. The fourth-order valence-corrected chi connectivity index (χ4v) is 3.66. The second-order valence-electron chi connectivity index (χ2n) is 6.45. The molecule has 10 heteroatoms. The molecule has 3 aromatic carbocycles. The van der Waals surface area contributed by atoms with E-state index in [2.05, 4.69) is 14.8 Å². The first-order valence-corrected chi connectivity index (χ1v) is 10.4. The molecule has 0 aromatic heterocycles. The van der Waals surface area contributed by atoms with Gasteiger partial charge in [0.15, 0.2) is 0 Å². The van der Waals surface area contributed by atoms with Gasteiger partial charge in [0.1, 0.15) is 11.6 Å². The van der Waals surface area contributed by atoms with Crippen LogP contribution in [0.2, 0.25) is 0 Å². The van der Waals surface area contributed by atoms with Crippen LogP contribution in [0.25, 0.3) is 0 Å². The lowest BCUT2D eigenvalue weighted by atomic mass is 10.2. The summed E-state index contributed by atoms with van der Waals surface area (Å²) < 4.78 is 69.7. The molecule has 0 atom stereocenters. The molecule has 0 radical (unpaired) electrons. The van der Waals surface area contributed by atoms with E-state index in [0.717, 1.165) is 6.07 Å². The van der Waals surface area contributed by atoms with Crippen LogP contribution in [-0.4, -0.2) is 20.9 Å². The van der Waals surface area contributed by atoms with Crippen LogP contribution in [0, 0.1) is 12.7 Å². The van der Waals surface area contributed by atoms with E-state index in [1.54, 1.807) is 0 Å². The normalized spacial score (nSPS) is 11.3. The maximum atomic E-state index is 13.7. The van der Waals surface area contributed by atoms with Crippen molar-refractivity contribution in [1.29, 1.82) is 0 Å². The number of amides is 1. The number of nitrogens with one attached hydrogen (secondary N) is 2. The van der Waals surface area contributed by atoms with Gasteiger partial charge >= 0.3 is 6.61 Å². The van der Waals surface area contributed by atoms with Crippen molar-refractivity contribution in [2.45, 2.75) is 18.4 Å². The van der Waals surface area contributed by atoms with Crippen molar-refractivity contribution in [3.63, 3.8) is 0 Å². The Morgan fingerprint density at radius 1 is 0.968 bits per heavy atom. The van der Waals surface area contributed by atoms with Gasteiger partial charge in [-0.15, -0.1) is 0 Å². The van der Waals surface area contributed by atoms with Crippen molar-refractivity contribution in [2.75, 3.05) is 10.0 Å². The topological polar surface area (TPSA) is 84.5 Å². The summed E-state index contributed by atoms with van der Waals surface area (Å²) in [5.41, 5.74) is 0.886. The first kappa shape index (κ1) is 22.2. The number of benzene rings is 3. The first-order chi connectivity index (χ1) is 14.6. The smallest absolute Gasteiger partial charge is 0.387 e. The summed E-state index contributed by atoms with van der Waals surface area (Å²) >= 11 is 0. The van der Waals surface area contributed by atoms with E-state index < -0.39 is 28.4 Å². The molecular weight excluding hydrogens is 433 g/mol. The molecular formula is C21H17F3N2O4S. The summed E-state index contributed by atoms with van der Waals surface area (Å²) in [7, 11) is -4.07. The van der Waals surface area contributed by atoms with Crippen molar-refractivity contribution in [2.24, 2.45) is 0 Å². The minimum Gasteiger partial charge on any atom is -0.435 e. The third kappa shape index (κ3) is 5.76.